The Labute approximate surface area is 166 Å². The van der Waals surface area contributed by atoms with Gasteiger partial charge in [-0.05, 0) is 25.0 Å². The largest absolute Gasteiger partial charge is 0.492 e. The van der Waals surface area contributed by atoms with Crippen molar-refractivity contribution in [2.45, 2.75) is 37.6 Å². The minimum absolute atomic E-state index is 0.0177. The van der Waals surface area contributed by atoms with Gasteiger partial charge in [-0.1, -0.05) is 37.5 Å². The quantitative estimate of drug-likeness (QED) is 0.757. The molecule has 1 aromatic carbocycles. The van der Waals surface area contributed by atoms with Gasteiger partial charge in [-0.2, -0.15) is 0 Å². The molecule has 152 valence electrons. The molecule has 0 atom stereocenters. The van der Waals surface area contributed by atoms with E-state index >= 15 is 0 Å². The molecule has 3 fully saturated rings. The monoisotopic (exact) mass is 386 g/mol. The fraction of sp³-hybridized carbons (Fsp3) is 0.619. The van der Waals surface area contributed by atoms with Gasteiger partial charge >= 0.3 is 6.03 Å². The average molecular weight is 386 g/mol. The molecule has 1 spiro atoms. The van der Waals surface area contributed by atoms with E-state index in [-0.39, 0.29) is 11.9 Å². The minimum atomic E-state index is -0.619. The lowest BCUT2D eigenvalue weighted by Crippen LogP contribution is -2.52. The van der Waals surface area contributed by atoms with Crippen LogP contribution in [0.15, 0.2) is 30.3 Å². The Hall–Kier alpha value is -2.12. The van der Waals surface area contributed by atoms with E-state index in [4.69, 9.17) is 4.74 Å². The van der Waals surface area contributed by atoms with Gasteiger partial charge in [0, 0.05) is 32.7 Å². The maximum Gasteiger partial charge on any atom is 0.326 e. The van der Waals surface area contributed by atoms with Crippen LogP contribution in [-0.2, 0) is 4.79 Å². The number of amides is 3. The standard InChI is InChI=1S/C21H30N4O3/c26-19-21(9-5-2-6-10-21)22-20(27)25(19)17-24-13-11-23(12-14-24)15-16-28-18-7-3-1-4-8-18/h1,3-4,7-8H,2,5-6,9-17H2,(H,22,27). The number of benzene rings is 1. The molecule has 1 saturated carbocycles. The lowest BCUT2D eigenvalue weighted by atomic mass is 9.82. The van der Waals surface area contributed by atoms with Gasteiger partial charge in [-0.3, -0.25) is 14.6 Å². The zero-order valence-corrected chi connectivity index (χ0v) is 16.4. The number of nitrogens with one attached hydrogen (secondary N) is 1. The van der Waals surface area contributed by atoms with Gasteiger partial charge in [0.2, 0.25) is 0 Å². The summed E-state index contributed by atoms with van der Waals surface area (Å²) in [5, 5.41) is 2.99. The van der Waals surface area contributed by atoms with Gasteiger partial charge in [0.25, 0.3) is 5.91 Å². The fourth-order valence-corrected chi connectivity index (χ4v) is 4.46. The Morgan fingerprint density at radius 2 is 1.61 bits per heavy atom. The number of carbonyl (C=O) groups excluding carboxylic acids is 2. The van der Waals surface area contributed by atoms with Crippen LogP contribution in [0.1, 0.15) is 32.1 Å². The number of piperazine rings is 1. The second-order valence-electron chi connectivity index (χ2n) is 8.07. The molecule has 2 aliphatic heterocycles. The van der Waals surface area contributed by atoms with Gasteiger partial charge in [0.15, 0.2) is 0 Å². The van der Waals surface area contributed by atoms with Crippen LogP contribution in [0, 0.1) is 0 Å². The molecule has 0 aromatic heterocycles. The van der Waals surface area contributed by atoms with Crippen molar-refractivity contribution in [1.82, 2.24) is 20.0 Å². The molecule has 2 heterocycles. The third-order valence-corrected chi connectivity index (χ3v) is 6.18. The van der Waals surface area contributed by atoms with Crippen LogP contribution in [-0.4, -0.2) is 78.2 Å². The van der Waals surface area contributed by atoms with E-state index in [2.05, 4.69) is 15.1 Å². The van der Waals surface area contributed by atoms with Crippen LogP contribution in [0.3, 0.4) is 0 Å². The summed E-state index contributed by atoms with van der Waals surface area (Å²) in [6.45, 7) is 5.51. The number of hydrogen-bond acceptors (Lipinski definition) is 5. The summed E-state index contributed by atoms with van der Waals surface area (Å²) in [6, 6.07) is 9.64. The highest BCUT2D eigenvalue weighted by atomic mass is 16.5. The molecule has 1 N–H and O–H groups in total. The molecule has 4 rings (SSSR count). The normalized spacial score (nSPS) is 23.2. The summed E-state index contributed by atoms with van der Waals surface area (Å²) in [7, 11) is 0. The number of urea groups is 1. The Morgan fingerprint density at radius 1 is 0.929 bits per heavy atom. The summed E-state index contributed by atoms with van der Waals surface area (Å²) in [4.78, 5) is 31.3. The van der Waals surface area contributed by atoms with Gasteiger partial charge in [-0.25, -0.2) is 9.69 Å². The topological polar surface area (TPSA) is 65.1 Å². The van der Waals surface area contributed by atoms with Gasteiger partial charge in [0.1, 0.15) is 17.9 Å². The van der Waals surface area contributed by atoms with Crippen LogP contribution in [0.5, 0.6) is 5.75 Å². The van der Waals surface area contributed by atoms with Gasteiger partial charge in [-0.15, -0.1) is 0 Å². The molecular formula is C21H30N4O3. The Kier molecular flexibility index (Phi) is 5.82. The van der Waals surface area contributed by atoms with E-state index in [1.165, 1.54) is 4.90 Å². The SMILES string of the molecule is O=C1NC2(CCCCC2)C(=O)N1CN1CCN(CCOc2ccccc2)CC1. The van der Waals surface area contributed by atoms with Crippen LogP contribution < -0.4 is 10.1 Å². The van der Waals surface area contributed by atoms with Crippen molar-refractivity contribution in [2.75, 3.05) is 46.0 Å². The molecule has 7 nitrogen and oxygen atoms in total. The summed E-state index contributed by atoms with van der Waals surface area (Å²) in [5.74, 6) is 0.882. The number of ether oxygens (including phenoxy) is 1. The molecule has 1 aliphatic carbocycles. The number of rotatable bonds is 6. The first-order valence-electron chi connectivity index (χ1n) is 10.4. The van der Waals surface area contributed by atoms with E-state index in [1.807, 2.05) is 30.3 Å². The summed E-state index contributed by atoms with van der Waals surface area (Å²) in [5.41, 5.74) is -0.619. The molecule has 0 radical (unpaired) electrons. The molecule has 0 bridgehead atoms. The average Bonchev–Trinajstić information content (AvgIpc) is 2.94. The van der Waals surface area contributed by atoms with Crippen molar-refractivity contribution >= 4 is 11.9 Å². The van der Waals surface area contributed by atoms with Crippen LogP contribution >= 0.6 is 0 Å². The predicted octanol–water partition coefficient (Wildman–Crippen LogP) is 1.90. The summed E-state index contributed by atoms with van der Waals surface area (Å²) >= 11 is 0. The zero-order chi connectivity index (χ0) is 19.4. The highest BCUT2D eigenvalue weighted by Crippen LogP contribution is 2.33. The maximum absolute atomic E-state index is 12.9. The van der Waals surface area contributed by atoms with Crippen molar-refractivity contribution in [1.29, 1.82) is 0 Å². The second-order valence-corrected chi connectivity index (χ2v) is 8.07. The Balaban J connectivity index is 1.21. The smallest absolute Gasteiger partial charge is 0.326 e. The van der Waals surface area contributed by atoms with Crippen molar-refractivity contribution < 1.29 is 14.3 Å². The van der Waals surface area contributed by atoms with Crippen molar-refractivity contribution in [3.8, 4) is 5.75 Å². The van der Waals surface area contributed by atoms with E-state index < -0.39 is 5.54 Å². The fourth-order valence-electron chi connectivity index (χ4n) is 4.46. The number of carbonyl (C=O) groups is 2. The first kappa shape index (κ1) is 19.2. The number of para-hydroxylation sites is 1. The third-order valence-electron chi connectivity index (χ3n) is 6.18. The zero-order valence-electron chi connectivity index (χ0n) is 16.4. The molecule has 1 aromatic rings. The van der Waals surface area contributed by atoms with Crippen molar-refractivity contribution in [3.05, 3.63) is 30.3 Å². The predicted molar refractivity (Wildman–Crippen MR) is 106 cm³/mol. The highest BCUT2D eigenvalue weighted by molar-refractivity contribution is 6.07. The Morgan fingerprint density at radius 3 is 2.32 bits per heavy atom. The molecule has 0 unspecified atom stereocenters. The Bertz CT molecular complexity index is 682. The second kappa shape index (κ2) is 8.49. The number of hydrogen-bond donors (Lipinski definition) is 1. The molecule has 3 amide bonds. The van der Waals surface area contributed by atoms with Crippen molar-refractivity contribution in [3.63, 3.8) is 0 Å². The molecule has 7 heteroatoms. The summed E-state index contributed by atoms with van der Waals surface area (Å²) < 4.78 is 5.77. The third kappa shape index (κ3) is 4.15. The van der Waals surface area contributed by atoms with E-state index in [0.717, 1.165) is 70.6 Å². The summed E-state index contributed by atoms with van der Waals surface area (Å²) in [6.07, 6.45) is 4.75. The maximum atomic E-state index is 12.9. The molecule has 3 aliphatic rings. The minimum Gasteiger partial charge on any atom is -0.492 e. The van der Waals surface area contributed by atoms with Gasteiger partial charge < -0.3 is 10.1 Å². The van der Waals surface area contributed by atoms with E-state index in [9.17, 15) is 9.59 Å². The van der Waals surface area contributed by atoms with E-state index in [1.54, 1.807) is 0 Å². The first-order valence-corrected chi connectivity index (χ1v) is 10.4. The van der Waals surface area contributed by atoms with E-state index in [0.29, 0.717) is 13.3 Å². The van der Waals surface area contributed by atoms with Crippen LogP contribution in [0.25, 0.3) is 0 Å². The van der Waals surface area contributed by atoms with Crippen molar-refractivity contribution in [2.24, 2.45) is 0 Å². The molecular weight excluding hydrogens is 356 g/mol. The molecule has 28 heavy (non-hydrogen) atoms. The molecule has 2 saturated heterocycles. The lowest BCUT2D eigenvalue weighted by Gasteiger charge is -2.36. The number of nitrogens with zero attached hydrogens (tertiary/aromatic N) is 3. The van der Waals surface area contributed by atoms with Crippen LogP contribution in [0.2, 0.25) is 0 Å². The van der Waals surface area contributed by atoms with Crippen LogP contribution in [0.4, 0.5) is 4.79 Å². The number of imide groups is 1. The lowest BCUT2D eigenvalue weighted by molar-refractivity contribution is -0.134. The first-order chi connectivity index (χ1) is 13.7. The van der Waals surface area contributed by atoms with Gasteiger partial charge in [0.05, 0.1) is 6.67 Å². The highest BCUT2D eigenvalue weighted by Gasteiger charge is 2.51.